The van der Waals surface area contributed by atoms with Crippen LogP contribution in [-0.4, -0.2) is 71.7 Å². The molecule has 0 saturated carbocycles. The molecular formula is C17H28ClN3O2. The number of anilines is 1. The Balaban J connectivity index is 0.00000192. The maximum atomic E-state index is 9.80. The van der Waals surface area contributed by atoms with Crippen LogP contribution in [0.15, 0.2) is 30.3 Å². The number of likely N-dealkylation sites (tertiary alicyclic amines) is 1. The van der Waals surface area contributed by atoms with Crippen LogP contribution in [0.1, 0.15) is 19.3 Å². The molecule has 2 aliphatic heterocycles. The van der Waals surface area contributed by atoms with Gasteiger partial charge in [-0.25, -0.2) is 0 Å². The molecule has 1 aromatic rings. The van der Waals surface area contributed by atoms with Crippen LogP contribution < -0.4 is 4.90 Å². The molecule has 2 aliphatic rings. The van der Waals surface area contributed by atoms with E-state index in [9.17, 15) is 10.2 Å². The summed E-state index contributed by atoms with van der Waals surface area (Å²) >= 11 is 0. The summed E-state index contributed by atoms with van der Waals surface area (Å²) < 4.78 is 0. The van der Waals surface area contributed by atoms with Gasteiger partial charge in [0.15, 0.2) is 0 Å². The summed E-state index contributed by atoms with van der Waals surface area (Å²) in [5.41, 5.74) is 1.31. The largest absolute Gasteiger partial charge is 0.378 e. The van der Waals surface area contributed by atoms with Gasteiger partial charge in [0, 0.05) is 38.4 Å². The molecule has 0 bridgehead atoms. The van der Waals surface area contributed by atoms with E-state index in [4.69, 9.17) is 0 Å². The molecule has 2 N–H and O–H groups in total. The highest BCUT2D eigenvalue weighted by Crippen LogP contribution is 2.20. The van der Waals surface area contributed by atoms with Gasteiger partial charge in [-0.2, -0.15) is 0 Å². The van der Waals surface area contributed by atoms with Gasteiger partial charge in [-0.1, -0.05) is 18.2 Å². The monoisotopic (exact) mass is 341 g/mol. The number of rotatable bonds is 5. The molecule has 0 amide bonds. The lowest BCUT2D eigenvalue weighted by Crippen LogP contribution is -2.47. The van der Waals surface area contributed by atoms with Crippen LogP contribution in [-0.2, 0) is 0 Å². The third-order valence-electron chi connectivity index (χ3n) is 4.83. The lowest BCUT2D eigenvalue weighted by Gasteiger charge is -2.36. The fraction of sp³-hybridized carbons (Fsp3) is 0.647. The van der Waals surface area contributed by atoms with Crippen LogP contribution in [0.2, 0.25) is 0 Å². The lowest BCUT2D eigenvalue weighted by molar-refractivity contribution is -0.0541. The van der Waals surface area contributed by atoms with E-state index in [0.29, 0.717) is 12.8 Å². The van der Waals surface area contributed by atoms with E-state index in [1.807, 2.05) is 4.90 Å². The summed E-state index contributed by atoms with van der Waals surface area (Å²) in [6.45, 7) is 6.12. The third-order valence-corrected chi connectivity index (χ3v) is 4.83. The zero-order chi connectivity index (χ0) is 15.4. The summed E-state index contributed by atoms with van der Waals surface area (Å²) in [6, 6.07) is 10.6. The van der Waals surface area contributed by atoms with Crippen molar-refractivity contribution in [1.29, 1.82) is 0 Å². The highest BCUT2D eigenvalue weighted by molar-refractivity contribution is 5.85. The number of halogens is 1. The topological polar surface area (TPSA) is 50.2 Å². The van der Waals surface area contributed by atoms with Crippen LogP contribution in [0.5, 0.6) is 0 Å². The van der Waals surface area contributed by atoms with Crippen LogP contribution in [0.3, 0.4) is 0 Å². The molecule has 2 fully saturated rings. The molecule has 2 saturated heterocycles. The summed E-state index contributed by atoms with van der Waals surface area (Å²) in [4.78, 5) is 6.74. The van der Waals surface area contributed by atoms with Crippen molar-refractivity contribution in [2.45, 2.75) is 31.7 Å². The van der Waals surface area contributed by atoms with E-state index < -0.39 is 12.5 Å². The van der Waals surface area contributed by atoms with E-state index in [-0.39, 0.29) is 12.4 Å². The Kier molecular flexibility index (Phi) is 7.11. The predicted molar refractivity (Wildman–Crippen MR) is 94.9 cm³/mol. The summed E-state index contributed by atoms with van der Waals surface area (Å²) in [7, 11) is 0. The van der Waals surface area contributed by atoms with Crippen molar-refractivity contribution in [3.8, 4) is 0 Å². The number of para-hydroxylation sites is 1. The maximum Gasteiger partial charge on any atom is 0.109 e. The molecule has 5 nitrogen and oxygen atoms in total. The van der Waals surface area contributed by atoms with Gasteiger partial charge >= 0.3 is 0 Å². The number of hydrogen-bond acceptors (Lipinski definition) is 5. The highest BCUT2D eigenvalue weighted by atomic mass is 35.5. The van der Waals surface area contributed by atoms with Crippen molar-refractivity contribution in [2.75, 3.05) is 44.2 Å². The van der Waals surface area contributed by atoms with Crippen LogP contribution >= 0.6 is 12.4 Å². The number of aliphatic hydroxyl groups excluding tert-OH is 2. The second-order valence-corrected chi connectivity index (χ2v) is 6.29. The minimum atomic E-state index is -0.454. The first-order valence-electron chi connectivity index (χ1n) is 8.38. The maximum absolute atomic E-state index is 9.80. The average Bonchev–Trinajstić information content (AvgIpc) is 2.88. The smallest absolute Gasteiger partial charge is 0.109 e. The zero-order valence-electron chi connectivity index (χ0n) is 13.5. The number of piperazine rings is 1. The molecule has 130 valence electrons. The van der Waals surface area contributed by atoms with Crippen LogP contribution in [0.25, 0.3) is 0 Å². The molecule has 1 aromatic carbocycles. The minimum absolute atomic E-state index is 0. The van der Waals surface area contributed by atoms with Crippen molar-refractivity contribution < 1.29 is 10.2 Å². The van der Waals surface area contributed by atoms with E-state index in [1.54, 1.807) is 0 Å². The molecule has 2 heterocycles. The van der Waals surface area contributed by atoms with Crippen molar-refractivity contribution in [2.24, 2.45) is 0 Å². The van der Waals surface area contributed by atoms with Gasteiger partial charge in [0.25, 0.3) is 0 Å². The molecule has 2 unspecified atom stereocenters. The fourth-order valence-electron chi connectivity index (χ4n) is 3.47. The first kappa shape index (κ1) is 18.5. The molecule has 0 aliphatic carbocycles. The Morgan fingerprint density at radius 3 is 2.09 bits per heavy atom. The quantitative estimate of drug-likeness (QED) is 0.846. The molecule has 0 spiro atoms. The van der Waals surface area contributed by atoms with Crippen LogP contribution in [0.4, 0.5) is 5.69 Å². The Bertz CT molecular complexity index is 444. The molecule has 6 heteroatoms. The molecule has 3 rings (SSSR count). The summed E-state index contributed by atoms with van der Waals surface area (Å²) in [5.74, 6) is 0. The summed E-state index contributed by atoms with van der Waals surface area (Å²) in [5, 5.41) is 19.6. The number of hydrogen-bond donors (Lipinski definition) is 2. The zero-order valence-corrected chi connectivity index (χ0v) is 14.4. The Hall–Kier alpha value is -0.850. The molecule has 23 heavy (non-hydrogen) atoms. The van der Waals surface area contributed by atoms with Crippen molar-refractivity contribution in [1.82, 2.24) is 9.80 Å². The number of aliphatic hydroxyl groups is 2. The average molecular weight is 342 g/mol. The third kappa shape index (κ3) is 4.81. The first-order chi connectivity index (χ1) is 10.7. The SMILES string of the molecule is Cl.OC1CCC(O)N1CCCN1CCN(c2ccccc2)CC1. The van der Waals surface area contributed by atoms with Gasteiger partial charge in [0.05, 0.1) is 0 Å². The van der Waals surface area contributed by atoms with Gasteiger partial charge in [0.2, 0.25) is 0 Å². The molecular weight excluding hydrogens is 314 g/mol. The second kappa shape index (κ2) is 8.85. The van der Waals surface area contributed by atoms with Gasteiger partial charge < -0.3 is 15.1 Å². The van der Waals surface area contributed by atoms with E-state index in [1.165, 1.54) is 5.69 Å². The Labute approximate surface area is 144 Å². The van der Waals surface area contributed by atoms with Crippen molar-refractivity contribution >= 4 is 18.1 Å². The van der Waals surface area contributed by atoms with Gasteiger partial charge in [0.1, 0.15) is 12.5 Å². The van der Waals surface area contributed by atoms with Crippen molar-refractivity contribution in [3.63, 3.8) is 0 Å². The van der Waals surface area contributed by atoms with Crippen molar-refractivity contribution in [3.05, 3.63) is 30.3 Å². The van der Waals surface area contributed by atoms with E-state index in [0.717, 1.165) is 45.7 Å². The van der Waals surface area contributed by atoms with Crippen LogP contribution in [0, 0.1) is 0 Å². The van der Waals surface area contributed by atoms with Gasteiger partial charge in [-0.3, -0.25) is 9.80 Å². The lowest BCUT2D eigenvalue weighted by atomic mass is 10.2. The highest BCUT2D eigenvalue weighted by Gasteiger charge is 2.29. The van der Waals surface area contributed by atoms with E-state index >= 15 is 0 Å². The minimum Gasteiger partial charge on any atom is -0.378 e. The van der Waals surface area contributed by atoms with Gasteiger partial charge in [-0.05, 0) is 37.9 Å². The van der Waals surface area contributed by atoms with E-state index in [2.05, 4.69) is 40.1 Å². The molecule has 0 radical (unpaired) electrons. The number of benzene rings is 1. The van der Waals surface area contributed by atoms with Gasteiger partial charge in [-0.15, -0.1) is 12.4 Å². The fourth-order valence-corrected chi connectivity index (χ4v) is 3.47. The Morgan fingerprint density at radius 1 is 0.870 bits per heavy atom. The Morgan fingerprint density at radius 2 is 1.48 bits per heavy atom. The standard InChI is InChI=1S/C17H27N3O2.ClH/c21-16-7-8-17(22)20(16)10-4-9-18-11-13-19(14-12-18)15-5-2-1-3-6-15;/h1-3,5-6,16-17,21-22H,4,7-14H2;1H. The first-order valence-corrected chi connectivity index (χ1v) is 8.38. The summed E-state index contributed by atoms with van der Waals surface area (Å²) in [6.07, 6.45) is 1.47. The predicted octanol–water partition coefficient (Wildman–Crippen LogP) is 1.35. The normalized spacial score (nSPS) is 26.3. The second-order valence-electron chi connectivity index (χ2n) is 6.29. The number of nitrogens with zero attached hydrogens (tertiary/aromatic N) is 3. The molecule has 2 atom stereocenters. The molecule has 0 aromatic heterocycles.